The first-order valence-corrected chi connectivity index (χ1v) is 17.4. The minimum absolute atomic E-state index is 0.0115. The average molecular weight is 711 g/mol. The molecule has 2 aromatic carbocycles. The molecular weight excluding hydrogens is 669 g/mol. The second-order valence-corrected chi connectivity index (χ2v) is 14.1. The fraction of sp³-hybridized carbons (Fsp3) is 0.459. The molecule has 0 radical (unpaired) electrons. The summed E-state index contributed by atoms with van der Waals surface area (Å²) >= 11 is 13.3. The number of carbonyl (C=O) groups is 4. The molecule has 3 fully saturated rings. The highest BCUT2D eigenvalue weighted by Gasteiger charge is 2.44. The summed E-state index contributed by atoms with van der Waals surface area (Å²) in [5.41, 5.74) is 0.924. The zero-order chi connectivity index (χ0) is 34.8. The summed E-state index contributed by atoms with van der Waals surface area (Å²) < 4.78 is 10.4. The Morgan fingerprint density at radius 1 is 0.816 bits per heavy atom. The van der Waals surface area contributed by atoms with Crippen LogP contribution in [0, 0.1) is 11.8 Å². The lowest BCUT2D eigenvalue weighted by Gasteiger charge is -2.40. The first-order valence-electron chi connectivity index (χ1n) is 16.7. The number of piperazine rings is 1. The monoisotopic (exact) mass is 709 g/mol. The van der Waals surface area contributed by atoms with E-state index in [9.17, 15) is 24.3 Å². The molecule has 260 valence electrons. The van der Waals surface area contributed by atoms with Crippen LogP contribution in [-0.2, 0) is 23.9 Å². The summed E-state index contributed by atoms with van der Waals surface area (Å²) in [6, 6.07) is 13.9. The van der Waals surface area contributed by atoms with Gasteiger partial charge < -0.3 is 24.4 Å². The topological polar surface area (TPSA) is 117 Å². The largest absolute Gasteiger partial charge is 0.466 e. The number of aliphatic hydroxyl groups is 1. The highest BCUT2D eigenvalue weighted by atomic mass is 35.5. The average Bonchev–Trinajstić information content (AvgIpc) is 3.66. The van der Waals surface area contributed by atoms with E-state index in [-0.39, 0.29) is 63.2 Å². The summed E-state index contributed by atoms with van der Waals surface area (Å²) in [7, 11) is 2.43. The van der Waals surface area contributed by atoms with E-state index in [1.54, 1.807) is 53.4 Å². The minimum atomic E-state index is -1.14. The third kappa shape index (κ3) is 7.29. The fourth-order valence-electron chi connectivity index (χ4n) is 8.17. The van der Waals surface area contributed by atoms with Crippen molar-refractivity contribution >= 4 is 46.8 Å². The maximum absolute atomic E-state index is 14.1. The molecule has 0 aromatic heterocycles. The van der Waals surface area contributed by atoms with Crippen LogP contribution in [0.25, 0.3) is 0 Å². The second-order valence-electron chi connectivity index (χ2n) is 13.3. The molecule has 3 atom stereocenters. The van der Waals surface area contributed by atoms with Crippen molar-refractivity contribution in [1.82, 2.24) is 14.7 Å². The summed E-state index contributed by atoms with van der Waals surface area (Å²) in [6.07, 6.45) is 4.97. The Balaban J connectivity index is 1.33. The van der Waals surface area contributed by atoms with E-state index in [0.717, 1.165) is 38.8 Å². The van der Waals surface area contributed by atoms with E-state index < -0.39 is 17.9 Å². The molecule has 12 heteroatoms. The van der Waals surface area contributed by atoms with Crippen molar-refractivity contribution in [1.29, 1.82) is 0 Å². The predicted octanol–water partition coefficient (Wildman–Crippen LogP) is 4.84. The molecule has 0 spiro atoms. The Labute approximate surface area is 296 Å². The number of hydrogen-bond donors (Lipinski definition) is 1. The van der Waals surface area contributed by atoms with Crippen LogP contribution >= 0.6 is 23.2 Å². The van der Waals surface area contributed by atoms with Gasteiger partial charge in [0.2, 0.25) is 5.91 Å². The Kier molecular flexibility index (Phi) is 10.8. The van der Waals surface area contributed by atoms with E-state index in [1.807, 2.05) is 0 Å². The summed E-state index contributed by atoms with van der Waals surface area (Å²) in [5.74, 6) is -2.05. The first-order chi connectivity index (χ1) is 23.6. The van der Waals surface area contributed by atoms with Gasteiger partial charge in [0.25, 0.3) is 0 Å². The van der Waals surface area contributed by atoms with Crippen molar-refractivity contribution in [3.8, 4) is 0 Å². The third-order valence-corrected chi connectivity index (χ3v) is 11.2. The van der Waals surface area contributed by atoms with Crippen molar-refractivity contribution in [3.05, 3.63) is 92.7 Å². The van der Waals surface area contributed by atoms with Crippen molar-refractivity contribution in [2.45, 2.75) is 50.2 Å². The zero-order valence-corrected chi connectivity index (χ0v) is 29.2. The lowest BCUT2D eigenvalue weighted by Crippen LogP contribution is -2.52. The van der Waals surface area contributed by atoms with Gasteiger partial charge in [-0.25, -0.2) is 9.59 Å². The fourth-order valence-corrected chi connectivity index (χ4v) is 8.78. The quantitative estimate of drug-likeness (QED) is 0.288. The van der Waals surface area contributed by atoms with Crippen LogP contribution in [-0.4, -0.2) is 103 Å². The molecule has 0 bridgehead atoms. The normalized spacial score (nSPS) is 25.6. The molecule has 2 aliphatic carbocycles. The van der Waals surface area contributed by atoms with Gasteiger partial charge in [0, 0.05) is 65.3 Å². The SMILES string of the molecule is COC(=O)C1=CN(CC(=O)c2ccccc2)C(CC(=O)N2CCN(C3CC4CC(O)CC4C3)CC2)=C(C(=O)OC)C1c1c(Cl)cccc1Cl. The van der Waals surface area contributed by atoms with Gasteiger partial charge in [-0.1, -0.05) is 59.6 Å². The molecular formula is C37H41Cl2N3O7. The van der Waals surface area contributed by atoms with Crippen molar-refractivity contribution in [2.75, 3.05) is 46.9 Å². The second kappa shape index (κ2) is 15.0. The summed E-state index contributed by atoms with van der Waals surface area (Å²) in [6.45, 7) is 2.22. The van der Waals surface area contributed by atoms with Gasteiger partial charge in [0.05, 0.1) is 50.4 Å². The number of nitrogens with zero attached hydrogens (tertiary/aromatic N) is 3. The van der Waals surface area contributed by atoms with E-state index in [4.69, 9.17) is 32.7 Å². The predicted molar refractivity (Wildman–Crippen MR) is 184 cm³/mol. The number of halogens is 2. The van der Waals surface area contributed by atoms with Gasteiger partial charge in [-0.2, -0.15) is 0 Å². The van der Waals surface area contributed by atoms with Crippen LogP contribution < -0.4 is 0 Å². The minimum Gasteiger partial charge on any atom is -0.466 e. The van der Waals surface area contributed by atoms with Gasteiger partial charge >= 0.3 is 11.9 Å². The number of carbonyl (C=O) groups excluding carboxylic acids is 4. The number of aliphatic hydroxyl groups excluding tert-OH is 1. The molecule has 2 aliphatic heterocycles. The highest BCUT2D eigenvalue weighted by molar-refractivity contribution is 6.36. The number of hydrogen-bond acceptors (Lipinski definition) is 9. The molecule has 1 amide bonds. The number of esters is 2. The number of methoxy groups -OCH3 is 2. The zero-order valence-electron chi connectivity index (χ0n) is 27.6. The van der Waals surface area contributed by atoms with Crippen LogP contribution in [0.15, 0.2) is 71.6 Å². The Bertz CT molecular complexity index is 1640. The van der Waals surface area contributed by atoms with Crippen molar-refractivity contribution < 1.29 is 33.8 Å². The maximum atomic E-state index is 14.1. The molecule has 2 aromatic rings. The van der Waals surface area contributed by atoms with E-state index in [1.165, 1.54) is 25.3 Å². The van der Waals surface area contributed by atoms with E-state index in [2.05, 4.69) is 4.90 Å². The number of Topliss-reactive ketones (excluding diaryl/α,β-unsaturated/α-hetero) is 1. The molecule has 6 rings (SSSR count). The van der Waals surface area contributed by atoms with Crippen LogP contribution in [0.1, 0.15) is 53.9 Å². The Morgan fingerprint density at radius 2 is 1.43 bits per heavy atom. The molecule has 2 heterocycles. The first kappa shape index (κ1) is 35.1. The summed E-state index contributed by atoms with van der Waals surface area (Å²) in [5, 5.41) is 10.5. The highest BCUT2D eigenvalue weighted by Crippen LogP contribution is 2.47. The molecule has 2 saturated carbocycles. The molecule has 49 heavy (non-hydrogen) atoms. The Hall–Kier alpha value is -3.70. The number of fused-ring (bicyclic) bond motifs is 1. The standard InChI is InChI=1S/C37H41Cl2N3O7/c1-48-36(46)27-20-42(21-31(44)22-7-4-3-5-8-22)30(35(37(47)49-2)33(27)34-28(38)9-6-10-29(34)39)19-32(45)41-13-11-40(12-14-41)25-15-23-17-26(43)18-24(23)16-25/h3-10,20,23-26,33,43H,11-19,21H2,1-2H3. The van der Waals surface area contributed by atoms with Gasteiger partial charge in [0.15, 0.2) is 5.78 Å². The van der Waals surface area contributed by atoms with Gasteiger partial charge in [-0.3, -0.25) is 14.5 Å². The summed E-state index contributed by atoms with van der Waals surface area (Å²) in [4.78, 5) is 60.6. The number of amides is 1. The van der Waals surface area contributed by atoms with Crippen LogP contribution in [0.4, 0.5) is 0 Å². The van der Waals surface area contributed by atoms with Crippen LogP contribution in [0.5, 0.6) is 0 Å². The number of ether oxygens (including phenoxy) is 2. The van der Waals surface area contributed by atoms with Crippen molar-refractivity contribution in [3.63, 3.8) is 0 Å². The van der Waals surface area contributed by atoms with E-state index in [0.29, 0.717) is 36.5 Å². The van der Waals surface area contributed by atoms with Gasteiger partial charge in [-0.15, -0.1) is 0 Å². The van der Waals surface area contributed by atoms with Gasteiger partial charge in [-0.05, 0) is 49.7 Å². The smallest absolute Gasteiger partial charge is 0.336 e. The molecule has 4 aliphatic rings. The molecule has 1 saturated heterocycles. The molecule has 3 unspecified atom stereocenters. The Morgan fingerprint density at radius 3 is 2.02 bits per heavy atom. The van der Waals surface area contributed by atoms with Crippen LogP contribution in [0.3, 0.4) is 0 Å². The van der Waals surface area contributed by atoms with Crippen LogP contribution in [0.2, 0.25) is 10.0 Å². The number of ketones is 1. The molecule has 10 nitrogen and oxygen atoms in total. The van der Waals surface area contributed by atoms with Gasteiger partial charge in [0.1, 0.15) is 0 Å². The van der Waals surface area contributed by atoms with Crippen molar-refractivity contribution in [2.24, 2.45) is 11.8 Å². The molecule has 1 N–H and O–H groups in total. The lowest BCUT2D eigenvalue weighted by atomic mass is 9.80. The lowest BCUT2D eigenvalue weighted by molar-refractivity contribution is -0.137. The third-order valence-electron chi connectivity index (χ3n) is 10.5. The number of rotatable bonds is 9. The maximum Gasteiger partial charge on any atom is 0.336 e. The number of benzene rings is 2. The van der Waals surface area contributed by atoms with E-state index >= 15 is 0 Å².